The van der Waals surface area contributed by atoms with Crippen LogP contribution in [0.1, 0.15) is 11.1 Å². The van der Waals surface area contributed by atoms with E-state index in [2.05, 4.69) is 5.32 Å². The molecule has 0 aliphatic carbocycles. The van der Waals surface area contributed by atoms with Gasteiger partial charge < -0.3 is 5.32 Å². The third-order valence-corrected chi connectivity index (χ3v) is 4.03. The number of amides is 1. The number of fused-ring (bicyclic) bond motifs is 1. The molecule has 118 valence electrons. The predicted octanol–water partition coefficient (Wildman–Crippen LogP) is 1.74. The number of imidazole rings is 1. The molecule has 0 atom stereocenters. The van der Waals surface area contributed by atoms with Gasteiger partial charge in [-0.15, -0.1) is 0 Å². The Labute approximate surface area is 134 Å². The number of aromatic nitrogens is 2. The predicted molar refractivity (Wildman–Crippen MR) is 90.2 cm³/mol. The highest BCUT2D eigenvalue weighted by Crippen LogP contribution is 2.14. The minimum absolute atomic E-state index is 0.0155. The zero-order chi connectivity index (χ0) is 16.4. The third kappa shape index (κ3) is 3.04. The normalized spacial score (nSPS) is 10.9. The molecule has 1 heterocycles. The second-order valence-corrected chi connectivity index (χ2v) is 5.66. The maximum Gasteiger partial charge on any atom is 0.328 e. The van der Waals surface area contributed by atoms with Crippen molar-refractivity contribution in [1.29, 1.82) is 0 Å². The molecule has 0 saturated carbocycles. The van der Waals surface area contributed by atoms with Gasteiger partial charge in [-0.05, 0) is 23.3 Å². The average Bonchev–Trinajstić information content (AvgIpc) is 2.78. The summed E-state index contributed by atoms with van der Waals surface area (Å²) >= 11 is 0. The number of nitrogens with one attached hydrogen (secondary N) is 1. The summed E-state index contributed by atoms with van der Waals surface area (Å²) < 4.78 is 3.23. The molecular weight excluding hydrogens is 290 g/mol. The Bertz CT molecular complexity index is 907. The maximum atomic E-state index is 12.0. The van der Waals surface area contributed by atoms with E-state index in [9.17, 15) is 9.59 Å². The van der Waals surface area contributed by atoms with Crippen molar-refractivity contribution in [3.63, 3.8) is 0 Å². The smallest absolute Gasteiger partial charge is 0.328 e. The summed E-state index contributed by atoms with van der Waals surface area (Å²) in [5.41, 5.74) is 3.67. The van der Waals surface area contributed by atoms with Crippen LogP contribution in [0.25, 0.3) is 11.0 Å². The van der Waals surface area contributed by atoms with Gasteiger partial charge in [0.05, 0.1) is 17.5 Å². The van der Waals surface area contributed by atoms with Crippen LogP contribution in [-0.2, 0) is 31.9 Å². The number of carbonyl (C=O) groups is 1. The fraction of sp³-hybridized carbons (Fsp3) is 0.222. The minimum Gasteiger partial charge on any atom is -0.352 e. The van der Waals surface area contributed by atoms with E-state index in [0.29, 0.717) is 13.0 Å². The molecule has 0 fully saturated rings. The van der Waals surface area contributed by atoms with E-state index >= 15 is 0 Å². The second-order valence-electron chi connectivity index (χ2n) is 5.66. The van der Waals surface area contributed by atoms with Gasteiger partial charge in [0.15, 0.2) is 0 Å². The molecule has 1 aromatic heterocycles. The van der Waals surface area contributed by atoms with Crippen molar-refractivity contribution in [2.45, 2.75) is 13.0 Å². The molecule has 2 aromatic carbocycles. The molecule has 5 nitrogen and oxygen atoms in total. The van der Waals surface area contributed by atoms with Crippen LogP contribution >= 0.6 is 0 Å². The van der Waals surface area contributed by atoms with Crippen molar-refractivity contribution in [2.75, 3.05) is 0 Å². The van der Waals surface area contributed by atoms with E-state index in [1.54, 1.807) is 23.2 Å². The van der Waals surface area contributed by atoms with Crippen LogP contribution in [-0.4, -0.2) is 15.0 Å². The van der Waals surface area contributed by atoms with Crippen LogP contribution in [0.4, 0.5) is 0 Å². The summed E-state index contributed by atoms with van der Waals surface area (Å²) in [6, 6.07) is 15.4. The quantitative estimate of drug-likeness (QED) is 0.798. The number of carbonyl (C=O) groups excluding carboxylic acids is 1. The van der Waals surface area contributed by atoms with Crippen molar-refractivity contribution in [2.24, 2.45) is 14.1 Å². The lowest BCUT2D eigenvalue weighted by molar-refractivity contribution is -0.120. The molecule has 1 amide bonds. The zero-order valence-corrected chi connectivity index (χ0v) is 13.2. The topological polar surface area (TPSA) is 56.0 Å². The standard InChI is InChI=1S/C18H19N3O2/c1-20-15-9-8-14(10-16(15)21(2)18(20)23)12-19-17(22)11-13-6-4-3-5-7-13/h3-10H,11-12H2,1-2H3,(H,19,22). The van der Waals surface area contributed by atoms with Gasteiger partial charge in [0.2, 0.25) is 5.91 Å². The molecule has 0 radical (unpaired) electrons. The minimum atomic E-state index is -0.0507. The first-order valence-electron chi connectivity index (χ1n) is 7.51. The van der Waals surface area contributed by atoms with E-state index in [-0.39, 0.29) is 11.6 Å². The largest absolute Gasteiger partial charge is 0.352 e. The van der Waals surface area contributed by atoms with E-state index in [0.717, 1.165) is 22.2 Å². The monoisotopic (exact) mass is 309 g/mol. The van der Waals surface area contributed by atoms with Crippen LogP contribution in [0, 0.1) is 0 Å². The highest BCUT2D eigenvalue weighted by molar-refractivity contribution is 5.79. The second kappa shape index (κ2) is 6.12. The van der Waals surface area contributed by atoms with Crippen LogP contribution in [0.15, 0.2) is 53.3 Å². The average molecular weight is 309 g/mol. The molecule has 3 rings (SSSR count). The summed E-state index contributed by atoms with van der Waals surface area (Å²) in [6.45, 7) is 0.449. The maximum absolute atomic E-state index is 12.0. The van der Waals surface area contributed by atoms with Crippen molar-refractivity contribution in [1.82, 2.24) is 14.5 Å². The van der Waals surface area contributed by atoms with Gasteiger partial charge in [-0.2, -0.15) is 0 Å². The van der Waals surface area contributed by atoms with Gasteiger partial charge in [-0.25, -0.2) is 4.79 Å². The fourth-order valence-electron chi connectivity index (χ4n) is 2.71. The molecule has 0 aliphatic heterocycles. The number of rotatable bonds is 4. The summed E-state index contributed by atoms with van der Waals surface area (Å²) in [7, 11) is 3.51. The highest BCUT2D eigenvalue weighted by atomic mass is 16.2. The van der Waals surface area contributed by atoms with Crippen LogP contribution in [0.2, 0.25) is 0 Å². The van der Waals surface area contributed by atoms with Crippen LogP contribution in [0.3, 0.4) is 0 Å². The molecule has 5 heteroatoms. The zero-order valence-electron chi connectivity index (χ0n) is 13.2. The number of hydrogen-bond donors (Lipinski definition) is 1. The summed E-state index contributed by atoms with van der Waals surface area (Å²) in [5.74, 6) is -0.0155. The SMILES string of the molecule is Cn1c(=O)n(C)c2cc(CNC(=O)Cc3ccccc3)ccc21. The fourth-order valence-corrected chi connectivity index (χ4v) is 2.71. The molecule has 0 unspecified atom stereocenters. The number of hydrogen-bond acceptors (Lipinski definition) is 2. The van der Waals surface area contributed by atoms with Gasteiger partial charge in [0, 0.05) is 20.6 Å². The van der Waals surface area contributed by atoms with Gasteiger partial charge in [0.25, 0.3) is 0 Å². The molecule has 3 aromatic rings. The molecule has 23 heavy (non-hydrogen) atoms. The Morgan fingerprint density at radius 3 is 2.39 bits per heavy atom. The Balaban J connectivity index is 1.71. The van der Waals surface area contributed by atoms with Gasteiger partial charge in [-0.3, -0.25) is 13.9 Å². The third-order valence-electron chi connectivity index (χ3n) is 4.03. The van der Waals surface area contributed by atoms with Gasteiger partial charge in [0.1, 0.15) is 0 Å². The van der Waals surface area contributed by atoms with Gasteiger partial charge in [-0.1, -0.05) is 36.4 Å². The molecule has 1 N–H and O–H groups in total. The summed E-state index contributed by atoms with van der Waals surface area (Å²) in [6.07, 6.45) is 0.368. The van der Waals surface area contributed by atoms with Crippen molar-refractivity contribution < 1.29 is 4.79 Å². The Kier molecular flexibility index (Phi) is 4.02. The van der Waals surface area contributed by atoms with Crippen molar-refractivity contribution in [3.8, 4) is 0 Å². The van der Waals surface area contributed by atoms with Crippen molar-refractivity contribution >= 4 is 16.9 Å². The Hall–Kier alpha value is -2.82. The van der Waals surface area contributed by atoms with Gasteiger partial charge >= 0.3 is 5.69 Å². The van der Waals surface area contributed by atoms with E-state index < -0.39 is 0 Å². The molecule has 0 saturated heterocycles. The number of nitrogens with zero attached hydrogens (tertiary/aromatic N) is 2. The lowest BCUT2D eigenvalue weighted by Crippen LogP contribution is -2.24. The van der Waals surface area contributed by atoms with Crippen LogP contribution < -0.4 is 11.0 Å². The Morgan fingerprint density at radius 2 is 1.65 bits per heavy atom. The Morgan fingerprint density at radius 1 is 0.957 bits per heavy atom. The highest BCUT2D eigenvalue weighted by Gasteiger charge is 2.09. The van der Waals surface area contributed by atoms with Crippen LogP contribution in [0.5, 0.6) is 0 Å². The van der Waals surface area contributed by atoms with E-state index in [4.69, 9.17) is 0 Å². The molecular formula is C18H19N3O2. The summed E-state index contributed by atoms with van der Waals surface area (Å²) in [4.78, 5) is 23.9. The lowest BCUT2D eigenvalue weighted by atomic mass is 10.1. The first kappa shape index (κ1) is 15.1. The molecule has 0 bridgehead atoms. The van der Waals surface area contributed by atoms with Crippen molar-refractivity contribution in [3.05, 3.63) is 70.1 Å². The van der Waals surface area contributed by atoms with E-state index in [1.807, 2.05) is 48.5 Å². The summed E-state index contributed by atoms with van der Waals surface area (Å²) in [5, 5.41) is 2.92. The molecule has 0 aliphatic rings. The first-order chi connectivity index (χ1) is 11.1. The molecule has 0 spiro atoms. The number of aryl methyl sites for hydroxylation is 2. The van der Waals surface area contributed by atoms with E-state index in [1.165, 1.54) is 0 Å². The lowest BCUT2D eigenvalue weighted by Gasteiger charge is -2.06. The number of benzene rings is 2. The first-order valence-corrected chi connectivity index (χ1v) is 7.51.